The number of aromatic nitrogens is 2. The van der Waals surface area contributed by atoms with E-state index in [1.165, 1.54) is 0 Å². The highest BCUT2D eigenvalue weighted by Gasteiger charge is 1.99. The first-order chi connectivity index (χ1) is 4.75. The van der Waals surface area contributed by atoms with Crippen LogP contribution in [0.15, 0.2) is 6.33 Å². The minimum absolute atomic E-state index is 0.793. The van der Waals surface area contributed by atoms with Gasteiger partial charge < -0.3 is 10.3 Å². The van der Waals surface area contributed by atoms with Gasteiger partial charge in [-0.05, 0) is 13.3 Å². The van der Waals surface area contributed by atoms with Gasteiger partial charge in [0.2, 0.25) is 0 Å². The van der Waals surface area contributed by atoms with Crippen molar-refractivity contribution in [3.63, 3.8) is 0 Å². The maximum Gasteiger partial charge on any atom is 0.126 e. The summed E-state index contributed by atoms with van der Waals surface area (Å²) in [6, 6.07) is 0. The Kier molecular flexibility index (Phi) is 1.94. The quantitative estimate of drug-likeness (QED) is 0.668. The van der Waals surface area contributed by atoms with Crippen LogP contribution in [-0.2, 0) is 6.54 Å². The van der Waals surface area contributed by atoms with Gasteiger partial charge in [0.05, 0.1) is 12.0 Å². The van der Waals surface area contributed by atoms with E-state index in [9.17, 15) is 0 Å². The van der Waals surface area contributed by atoms with Crippen molar-refractivity contribution in [2.45, 2.75) is 26.8 Å². The summed E-state index contributed by atoms with van der Waals surface area (Å²) < 4.78 is 1.97. The van der Waals surface area contributed by atoms with E-state index >= 15 is 0 Å². The fourth-order valence-corrected chi connectivity index (χ4v) is 0.912. The third-order valence-corrected chi connectivity index (χ3v) is 1.54. The Labute approximate surface area is 60.9 Å². The summed E-state index contributed by atoms with van der Waals surface area (Å²) in [4.78, 5) is 4.07. The molecule has 0 unspecified atom stereocenters. The van der Waals surface area contributed by atoms with Crippen LogP contribution in [-0.4, -0.2) is 9.55 Å². The Morgan fingerprint density at radius 2 is 2.40 bits per heavy atom. The third kappa shape index (κ3) is 1.12. The SMILES string of the molecule is CCCn1cnc(C)c1N. The molecule has 3 nitrogen and oxygen atoms in total. The monoisotopic (exact) mass is 139 g/mol. The molecule has 0 bridgehead atoms. The standard InChI is InChI=1S/C7H13N3/c1-3-4-10-5-9-6(2)7(10)8/h5H,3-4,8H2,1-2H3. The summed E-state index contributed by atoms with van der Waals surface area (Å²) in [5.41, 5.74) is 6.61. The normalized spacial score (nSPS) is 10.2. The van der Waals surface area contributed by atoms with Crippen LogP contribution in [0.3, 0.4) is 0 Å². The highest BCUT2D eigenvalue weighted by atomic mass is 15.1. The molecule has 0 saturated carbocycles. The van der Waals surface area contributed by atoms with E-state index in [1.807, 2.05) is 11.5 Å². The molecule has 1 rings (SSSR count). The molecule has 0 amide bonds. The lowest BCUT2D eigenvalue weighted by molar-refractivity contribution is 0.686. The molecule has 0 radical (unpaired) electrons. The summed E-state index contributed by atoms with van der Waals surface area (Å²) in [7, 11) is 0. The number of aryl methyl sites for hydroxylation is 2. The van der Waals surface area contributed by atoms with Gasteiger partial charge >= 0.3 is 0 Å². The Morgan fingerprint density at radius 1 is 1.70 bits per heavy atom. The molecule has 1 aromatic rings. The maximum atomic E-state index is 5.69. The minimum Gasteiger partial charge on any atom is -0.384 e. The fraction of sp³-hybridized carbons (Fsp3) is 0.571. The highest BCUT2D eigenvalue weighted by molar-refractivity contribution is 5.34. The van der Waals surface area contributed by atoms with Crippen molar-refractivity contribution in [2.24, 2.45) is 0 Å². The topological polar surface area (TPSA) is 43.8 Å². The molecule has 56 valence electrons. The first-order valence-electron chi connectivity index (χ1n) is 3.53. The summed E-state index contributed by atoms with van der Waals surface area (Å²) in [6.07, 6.45) is 2.88. The van der Waals surface area contributed by atoms with Gasteiger partial charge in [-0.3, -0.25) is 0 Å². The Bertz CT molecular complexity index is 215. The number of hydrogen-bond donors (Lipinski definition) is 1. The smallest absolute Gasteiger partial charge is 0.126 e. The predicted octanol–water partition coefficient (Wildman–Crippen LogP) is 1.18. The van der Waals surface area contributed by atoms with Crippen molar-refractivity contribution >= 4 is 5.82 Å². The van der Waals surface area contributed by atoms with Gasteiger partial charge in [0.15, 0.2) is 0 Å². The Balaban J connectivity index is 2.83. The molecular formula is C7H13N3. The van der Waals surface area contributed by atoms with Crippen molar-refractivity contribution in [1.29, 1.82) is 0 Å². The van der Waals surface area contributed by atoms with Crippen LogP contribution in [0.4, 0.5) is 5.82 Å². The molecule has 0 atom stereocenters. The minimum atomic E-state index is 0.793. The van der Waals surface area contributed by atoms with Crippen molar-refractivity contribution in [3.05, 3.63) is 12.0 Å². The zero-order valence-electron chi connectivity index (χ0n) is 6.46. The third-order valence-electron chi connectivity index (χ3n) is 1.54. The summed E-state index contributed by atoms with van der Waals surface area (Å²) in [5, 5.41) is 0. The number of imidazole rings is 1. The van der Waals surface area contributed by atoms with Crippen molar-refractivity contribution in [1.82, 2.24) is 9.55 Å². The largest absolute Gasteiger partial charge is 0.384 e. The van der Waals surface area contributed by atoms with E-state index in [4.69, 9.17) is 5.73 Å². The van der Waals surface area contributed by atoms with Crippen molar-refractivity contribution < 1.29 is 0 Å². The maximum absolute atomic E-state index is 5.69. The van der Waals surface area contributed by atoms with Crippen molar-refractivity contribution in [2.75, 3.05) is 5.73 Å². The number of hydrogen-bond acceptors (Lipinski definition) is 2. The number of nitrogen functional groups attached to an aromatic ring is 1. The summed E-state index contributed by atoms with van der Waals surface area (Å²) >= 11 is 0. The number of nitrogens with zero attached hydrogens (tertiary/aromatic N) is 2. The van der Waals surface area contributed by atoms with Crippen LogP contribution in [0.25, 0.3) is 0 Å². The number of nitrogens with two attached hydrogens (primary N) is 1. The van der Waals surface area contributed by atoms with Gasteiger partial charge in [-0.15, -0.1) is 0 Å². The molecule has 0 spiro atoms. The van der Waals surface area contributed by atoms with Crippen LogP contribution >= 0.6 is 0 Å². The second kappa shape index (κ2) is 2.73. The van der Waals surface area contributed by atoms with E-state index in [2.05, 4.69) is 11.9 Å². The van der Waals surface area contributed by atoms with Crippen LogP contribution in [0.5, 0.6) is 0 Å². The first kappa shape index (κ1) is 7.12. The molecule has 1 aromatic heterocycles. The zero-order valence-corrected chi connectivity index (χ0v) is 6.46. The molecule has 1 heterocycles. The first-order valence-corrected chi connectivity index (χ1v) is 3.53. The van der Waals surface area contributed by atoms with E-state index in [0.29, 0.717) is 0 Å². The van der Waals surface area contributed by atoms with Crippen molar-refractivity contribution in [3.8, 4) is 0 Å². The van der Waals surface area contributed by atoms with Gasteiger partial charge in [-0.2, -0.15) is 0 Å². The van der Waals surface area contributed by atoms with Crippen LogP contribution < -0.4 is 5.73 Å². The predicted molar refractivity (Wildman–Crippen MR) is 41.7 cm³/mol. The Hall–Kier alpha value is -0.990. The molecule has 10 heavy (non-hydrogen) atoms. The average Bonchev–Trinajstić information content (AvgIpc) is 2.20. The fourth-order valence-electron chi connectivity index (χ4n) is 0.912. The van der Waals surface area contributed by atoms with E-state index in [-0.39, 0.29) is 0 Å². The number of rotatable bonds is 2. The van der Waals surface area contributed by atoms with Gasteiger partial charge in [0.1, 0.15) is 5.82 Å². The van der Waals surface area contributed by atoms with Gasteiger partial charge in [0, 0.05) is 6.54 Å². The van der Waals surface area contributed by atoms with E-state index < -0.39 is 0 Å². The van der Waals surface area contributed by atoms with Gasteiger partial charge in [-0.25, -0.2) is 4.98 Å². The molecule has 0 saturated heterocycles. The number of anilines is 1. The highest BCUT2D eigenvalue weighted by Crippen LogP contribution is 2.07. The van der Waals surface area contributed by atoms with E-state index in [0.717, 1.165) is 24.5 Å². The van der Waals surface area contributed by atoms with Gasteiger partial charge in [-0.1, -0.05) is 6.92 Å². The second-order valence-electron chi connectivity index (χ2n) is 2.41. The average molecular weight is 139 g/mol. The molecule has 3 heteroatoms. The van der Waals surface area contributed by atoms with Crippen LogP contribution in [0, 0.1) is 6.92 Å². The Morgan fingerprint density at radius 3 is 2.80 bits per heavy atom. The van der Waals surface area contributed by atoms with Crippen LogP contribution in [0.1, 0.15) is 19.0 Å². The molecule has 0 aliphatic carbocycles. The molecular weight excluding hydrogens is 126 g/mol. The molecule has 0 aliphatic heterocycles. The summed E-state index contributed by atoms with van der Waals surface area (Å²) in [6.45, 7) is 5.00. The molecule has 0 fully saturated rings. The zero-order chi connectivity index (χ0) is 7.56. The molecule has 2 N–H and O–H groups in total. The van der Waals surface area contributed by atoms with Crippen LogP contribution in [0.2, 0.25) is 0 Å². The second-order valence-corrected chi connectivity index (χ2v) is 2.41. The lowest BCUT2D eigenvalue weighted by Crippen LogP contribution is -2.00. The lowest BCUT2D eigenvalue weighted by Gasteiger charge is -2.00. The summed E-state index contributed by atoms with van der Waals surface area (Å²) in [5.74, 6) is 0.793. The molecule has 0 aliphatic rings. The molecule has 0 aromatic carbocycles. The van der Waals surface area contributed by atoms with Gasteiger partial charge in [0.25, 0.3) is 0 Å². The lowest BCUT2D eigenvalue weighted by atomic mass is 10.4. The van der Waals surface area contributed by atoms with E-state index in [1.54, 1.807) is 6.33 Å².